The number of amides is 1. The number of aromatic nitrogens is 3. The number of para-hydroxylation sites is 2. The first-order valence-electron chi connectivity index (χ1n) is 9.86. The topological polar surface area (TPSA) is 115 Å². The number of aromatic amines is 1. The molecule has 0 fully saturated rings. The zero-order valence-electron chi connectivity index (χ0n) is 17.4. The number of rotatable bonds is 6. The molecule has 0 unspecified atom stereocenters. The number of nitrogens with one attached hydrogen (secondary N) is 2. The summed E-state index contributed by atoms with van der Waals surface area (Å²) in [5.41, 5.74) is -0.384. The van der Waals surface area contributed by atoms with Crippen LogP contribution in [0.25, 0.3) is 11.0 Å². The maximum atomic E-state index is 12.8. The lowest BCUT2D eigenvalue weighted by Gasteiger charge is -2.13. The van der Waals surface area contributed by atoms with Crippen LogP contribution in [0.1, 0.15) is 17.3 Å². The second kappa shape index (κ2) is 8.76. The van der Waals surface area contributed by atoms with Crippen molar-refractivity contribution >= 4 is 22.6 Å². The minimum atomic E-state index is -0.607. The molecule has 0 aliphatic rings. The molecular formula is C23H20N4O5. The van der Waals surface area contributed by atoms with E-state index in [0.29, 0.717) is 23.8 Å². The highest BCUT2D eigenvalue weighted by molar-refractivity contribution is 6.06. The van der Waals surface area contributed by atoms with Gasteiger partial charge in [-0.1, -0.05) is 12.1 Å². The third-order valence-corrected chi connectivity index (χ3v) is 4.71. The van der Waals surface area contributed by atoms with Gasteiger partial charge in [-0.15, -0.1) is 0 Å². The predicted molar refractivity (Wildman–Crippen MR) is 120 cm³/mol. The third-order valence-electron chi connectivity index (χ3n) is 4.71. The number of H-pyrrole nitrogens is 1. The minimum Gasteiger partial charge on any atom is -0.494 e. The van der Waals surface area contributed by atoms with Crippen LogP contribution in [-0.4, -0.2) is 27.0 Å². The van der Waals surface area contributed by atoms with Gasteiger partial charge in [-0.2, -0.15) is 0 Å². The second-order valence-corrected chi connectivity index (χ2v) is 6.87. The van der Waals surface area contributed by atoms with E-state index in [4.69, 9.17) is 9.47 Å². The van der Waals surface area contributed by atoms with E-state index in [2.05, 4.69) is 15.3 Å². The van der Waals surface area contributed by atoms with Gasteiger partial charge in [0.05, 0.1) is 23.2 Å². The molecule has 0 aliphatic heterocycles. The fourth-order valence-corrected chi connectivity index (χ4v) is 3.11. The van der Waals surface area contributed by atoms with Gasteiger partial charge in [0.2, 0.25) is 0 Å². The van der Waals surface area contributed by atoms with Crippen molar-refractivity contribution in [1.82, 2.24) is 14.5 Å². The molecule has 2 heterocycles. The number of anilines is 1. The van der Waals surface area contributed by atoms with E-state index >= 15 is 0 Å². The highest BCUT2D eigenvalue weighted by Crippen LogP contribution is 2.30. The second-order valence-electron chi connectivity index (χ2n) is 6.87. The smallest absolute Gasteiger partial charge is 0.329 e. The van der Waals surface area contributed by atoms with Crippen LogP contribution in [0.2, 0.25) is 0 Å². The van der Waals surface area contributed by atoms with Crippen LogP contribution < -0.4 is 26.0 Å². The van der Waals surface area contributed by atoms with Gasteiger partial charge < -0.3 is 14.8 Å². The van der Waals surface area contributed by atoms with E-state index < -0.39 is 17.2 Å². The van der Waals surface area contributed by atoms with E-state index in [-0.39, 0.29) is 16.6 Å². The van der Waals surface area contributed by atoms with Crippen LogP contribution in [0.3, 0.4) is 0 Å². The summed E-state index contributed by atoms with van der Waals surface area (Å²) in [5, 5.41) is 2.92. The van der Waals surface area contributed by atoms with Crippen molar-refractivity contribution in [3.63, 3.8) is 0 Å². The fraction of sp³-hybridized carbons (Fsp3) is 0.130. The summed E-state index contributed by atoms with van der Waals surface area (Å²) in [7, 11) is 1.49. The molecule has 32 heavy (non-hydrogen) atoms. The van der Waals surface area contributed by atoms with Crippen molar-refractivity contribution in [3.05, 3.63) is 87.2 Å². The lowest BCUT2D eigenvalue weighted by molar-refractivity contribution is 0.102. The molecule has 0 bridgehead atoms. The molecular weight excluding hydrogens is 412 g/mol. The summed E-state index contributed by atoms with van der Waals surface area (Å²) in [5.74, 6) is 1.28. The summed E-state index contributed by atoms with van der Waals surface area (Å²) in [6, 6.07) is 15.5. The summed E-state index contributed by atoms with van der Waals surface area (Å²) < 4.78 is 12.6. The van der Waals surface area contributed by atoms with Gasteiger partial charge in [0, 0.05) is 13.2 Å². The SMILES string of the molecule is CCOc1ccc(Oc2ccccc2NC(=O)c2cnc3c(c2)c(=O)[nH]c(=O)n3C)cc1. The first-order chi connectivity index (χ1) is 15.5. The van der Waals surface area contributed by atoms with E-state index in [0.717, 1.165) is 5.75 Å². The molecule has 4 aromatic rings. The molecule has 4 rings (SSSR count). The molecule has 9 nitrogen and oxygen atoms in total. The summed E-state index contributed by atoms with van der Waals surface area (Å²) >= 11 is 0. The summed E-state index contributed by atoms with van der Waals surface area (Å²) in [6.45, 7) is 2.48. The number of carbonyl (C=O) groups excluding carboxylic acids is 1. The normalized spacial score (nSPS) is 10.7. The first kappa shape index (κ1) is 20.9. The highest BCUT2D eigenvalue weighted by atomic mass is 16.5. The largest absolute Gasteiger partial charge is 0.494 e. The molecule has 2 N–H and O–H groups in total. The zero-order valence-corrected chi connectivity index (χ0v) is 17.4. The third kappa shape index (κ3) is 4.22. The molecule has 2 aromatic carbocycles. The standard InChI is InChI=1S/C23H20N4O5/c1-3-31-15-8-10-16(11-9-15)32-19-7-5-4-6-18(19)25-21(28)14-12-17-20(24-13-14)27(2)23(30)26-22(17)29/h4-13H,3H2,1-2H3,(H,25,28)(H,26,29,30). The van der Waals surface area contributed by atoms with Crippen molar-refractivity contribution in [2.24, 2.45) is 7.05 Å². The van der Waals surface area contributed by atoms with Crippen LogP contribution in [0, 0.1) is 0 Å². The number of hydrogen-bond donors (Lipinski definition) is 2. The Kier molecular flexibility index (Phi) is 5.71. The number of ether oxygens (including phenoxy) is 2. The van der Waals surface area contributed by atoms with Crippen LogP contribution in [0.5, 0.6) is 17.2 Å². The number of nitrogens with zero attached hydrogens (tertiary/aromatic N) is 2. The summed E-state index contributed by atoms with van der Waals surface area (Å²) in [4.78, 5) is 43.0. The molecule has 0 saturated carbocycles. The Hall–Kier alpha value is -4.40. The lowest BCUT2D eigenvalue weighted by Crippen LogP contribution is -2.29. The fourth-order valence-electron chi connectivity index (χ4n) is 3.11. The molecule has 0 atom stereocenters. The van der Waals surface area contributed by atoms with Crippen LogP contribution in [0.4, 0.5) is 5.69 Å². The van der Waals surface area contributed by atoms with Crippen molar-refractivity contribution in [1.29, 1.82) is 0 Å². The maximum Gasteiger partial charge on any atom is 0.329 e. The monoisotopic (exact) mass is 432 g/mol. The van der Waals surface area contributed by atoms with Gasteiger partial charge in [-0.3, -0.25) is 19.1 Å². The molecule has 0 spiro atoms. The van der Waals surface area contributed by atoms with E-state index in [1.165, 1.54) is 23.9 Å². The van der Waals surface area contributed by atoms with E-state index in [1.807, 2.05) is 6.92 Å². The molecule has 2 aromatic heterocycles. The van der Waals surface area contributed by atoms with Gasteiger partial charge in [-0.05, 0) is 49.4 Å². The average Bonchev–Trinajstić information content (AvgIpc) is 2.80. The van der Waals surface area contributed by atoms with Gasteiger partial charge in [0.25, 0.3) is 11.5 Å². The minimum absolute atomic E-state index is 0.138. The zero-order chi connectivity index (χ0) is 22.7. The molecule has 0 aliphatic carbocycles. The van der Waals surface area contributed by atoms with Crippen molar-refractivity contribution in [2.75, 3.05) is 11.9 Å². The Morgan fingerprint density at radius 1 is 1.09 bits per heavy atom. The first-order valence-corrected chi connectivity index (χ1v) is 9.86. The molecule has 0 radical (unpaired) electrons. The Balaban J connectivity index is 1.59. The Bertz CT molecular complexity index is 1410. The number of pyridine rings is 1. The Morgan fingerprint density at radius 2 is 1.81 bits per heavy atom. The number of carbonyl (C=O) groups is 1. The molecule has 162 valence electrons. The number of fused-ring (bicyclic) bond motifs is 1. The van der Waals surface area contributed by atoms with E-state index in [1.54, 1.807) is 48.5 Å². The van der Waals surface area contributed by atoms with Crippen LogP contribution in [0.15, 0.2) is 70.4 Å². The quantitative estimate of drug-likeness (QED) is 0.484. The van der Waals surface area contributed by atoms with Crippen molar-refractivity contribution in [3.8, 4) is 17.2 Å². The van der Waals surface area contributed by atoms with Crippen LogP contribution >= 0.6 is 0 Å². The van der Waals surface area contributed by atoms with Crippen molar-refractivity contribution < 1.29 is 14.3 Å². The predicted octanol–water partition coefficient (Wildman–Crippen LogP) is 3.07. The number of hydrogen-bond acceptors (Lipinski definition) is 6. The average molecular weight is 432 g/mol. The summed E-state index contributed by atoms with van der Waals surface area (Å²) in [6.07, 6.45) is 1.31. The van der Waals surface area contributed by atoms with Gasteiger partial charge in [0.15, 0.2) is 5.75 Å². The highest BCUT2D eigenvalue weighted by Gasteiger charge is 2.14. The van der Waals surface area contributed by atoms with Gasteiger partial charge in [0.1, 0.15) is 17.1 Å². The molecule has 0 saturated heterocycles. The maximum absolute atomic E-state index is 12.8. The molecule has 9 heteroatoms. The van der Waals surface area contributed by atoms with Gasteiger partial charge >= 0.3 is 5.69 Å². The van der Waals surface area contributed by atoms with Crippen molar-refractivity contribution in [2.45, 2.75) is 6.92 Å². The van der Waals surface area contributed by atoms with Crippen LogP contribution in [-0.2, 0) is 7.05 Å². The molecule has 1 amide bonds. The number of aryl methyl sites for hydroxylation is 1. The van der Waals surface area contributed by atoms with Gasteiger partial charge in [-0.25, -0.2) is 9.78 Å². The number of benzene rings is 2. The van der Waals surface area contributed by atoms with E-state index in [9.17, 15) is 14.4 Å². The Labute approximate surface area is 182 Å². The Morgan fingerprint density at radius 3 is 2.56 bits per heavy atom. The lowest BCUT2D eigenvalue weighted by atomic mass is 10.2.